The maximum absolute atomic E-state index is 12.6. The number of ketones is 1. The van der Waals surface area contributed by atoms with Gasteiger partial charge in [-0.05, 0) is 48.6 Å². The van der Waals surface area contributed by atoms with Gasteiger partial charge in [0.1, 0.15) is 5.75 Å². The van der Waals surface area contributed by atoms with E-state index in [0.29, 0.717) is 13.0 Å². The fourth-order valence-electron chi connectivity index (χ4n) is 3.56. The Hall–Kier alpha value is -1.35. The fourth-order valence-corrected chi connectivity index (χ4v) is 3.56. The van der Waals surface area contributed by atoms with Gasteiger partial charge >= 0.3 is 0 Å². The first-order valence-corrected chi connectivity index (χ1v) is 7.71. The SMILES string of the molecule is NCC1(CC(=O)c2ccc3c(c2)CCO3)CCCCC1. The number of Topliss-reactive ketones (excluding diaryl/α,β-unsaturated/α-hetero) is 1. The Morgan fingerprint density at radius 2 is 2.05 bits per heavy atom. The number of carbonyl (C=O) groups excluding carboxylic acids is 1. The predicted octanol–water partition coefficient (Wildman–Crippen LogP) is 3.10. The van der Waals surface area contributed by atoms with Crippen LogP contribution >= 0.6 is 0 Å². The number of fused-ring (bicyclic) bond motifs is 1. The quantitative estimate of drug-likeness (QED) is 0.858. The molecule has 1 fully saturated rings. The van der Waals surface area contributed by atoms with E-state index in [1.54, 1.807) is 0 Å². The smallest absolute Gasteiger partial charge is 0.163 e. The second-order valence-corrected chi connectivity index (χ2v) is 6.29. The van der Waals surface area contributed by atoms with E-state index in [9.17, 15) is 4.79 Å². The van der Waals surface area contributed by atoms with Gasteiger partial charge in [-0.15, -0.1) is 0 Å². The van der Waals surface area contributed by atoms with Gasteiger partial charge in [0, 0.05) is 18.4 Å². The van der Waals surface area contributed by atoms with Gasteiger partial charge in [0.25, 0.3) is 0 Å². The molecule has 3 heteroatoms. The largest absolute Gasteiger partial charge is 0.493 e. The van der Waals surface area contributed by atoms with Gasteiger partial charge < -0.3 is 10.5 Å². The lowest BCUT2D eigenvalue weighted by Gasteiger charge is -2.35. The van der Waals surface area contributed by atoms with Crippen molar-refractivity contribution >= 4 is 5.78 Å². The van der Waals surface area contributed by atoms with Crippen molar-refractivity contribution in [1.82, 2.24) is 0 Å². The molecule has 0 unspecified atom stereocenters. The Balaban J connectivity index is 1.75. The summed E-state index contributed by atoms with van der Waals surface area (Å²) in [4.78, 5) is 12.6. The molecule has 0 saturated heterocycles. The zero-order valence-electron chi connectivity index (χ0n) is 12.0. The van der Waals surface area contributed by atoms with Crippen molar-refractivity contribution in [2.75, 3.05) is 13.2 Å². The summed E-state index contributed by atoms with van der Waals surface area (Å²) in [6, 6.07) is 5.85. The van der Waals surface area contributed by atoms with Gasteiger partial charge in [0.2, 0.25) is 0 Å². The van der Waals surface area contributed by atoms with E-state index in [1.807, 2.05) is 18.2 Å². The summed E-state index contributed by atoms with van der Waals surface area (Å²) in [5.41, 5.74) is 8.02. The van der Waals surface area contributed by atoms with Crippen molar-refractivity contribution in [3.63, 3.8) is 0 Å². The first-order valence-electron chi connectivity index (χ1n) is 7.71. The highest BCUT2D eigenvalue weighted by molar-refractivity contribution is 5.97. The third-order valence-corrected chi connectivity index (χ3v) is 4.89. The minimum absolute atomic E-state index is 0.0465. The van der Waals surface area contributed by atoms with Crippen LogP contribution in [0.15, 0.2) is 18.2 Å². The minimum atomic E-state index is 0.0465. The molecule has 2 N–H and O–H groups in total. The minimum Gasteiger partial charge on any atom is -0.493 e. The van der Waals surface area contributed by atoms with E-state index >= 15 is 0 Å². The van der Waals surface area contributed by atoms with Crippen LogP contribution in [0.4, 0.5) is 0 Å². The first kappa shape index (κ1) is 13.6. The summed E-state index contributed by atoms with van der Waals surface area (Å²) in [6.07, 6.45) is 7.42. The van der Waals surface area contributed by atoms with Gasteiger partial charge in [-0.3, -0.25) is 4.79 Å². The van der Waals surface area contributed by atoms with Gasteiger partial charge in [-0.2, -0.15) is 0 Å². The molecule has 1 saturated carbocycles. The van der Waals surface area contributed by atoms with Crippen LogP contribution in [0.5, 0.6) is 5.75 Å². The monoisotopic (exact) mass is 273 g/mol. The molecule has 1 aliphatic heterocycles. The molecule has 0 amide bonds. The normalized spacial score (nSPS) is 20.2. The van der Waals surface area contributed by atoms with Crippen molar-refractivity contribution in [2.45, 2.75) is 44.9 Å². The van der Waals surface area contributed by atoms with Crippen molar-refractivity contribution in [3.05, 3.63) is 29.3 Å². The summed E-state index contributed by atoms with van der Waals surface area (Å²) in [5, 5.41) is 0. The van der Waals surface area contributed by atoms with Crippen LogP contribution in [-0.2, 0) is 6.42 Å². The number of nitrogens with two attached hydrogens (primary N) is 1. The molecule has 20 heavy (non-hydrogen) atoms. The molecule has 1 aromatic rings. The van der Waals surface area contributed by atoms with Crippen LogP contribution in [0.1, 0.15) is 54.4 Å². The maximum atomic E-state index is 12.6. The third kappa shape index (κ3) is 2.59. The Bertz CT molecular complexity index is 504. The van der Waals surface area contributed by atoms with Crippen LogP contribution in [0, 0.1) is 5.41 Å². The lowest BCUT2D eigenvalue weighted by atomic mass is 9.70. The second-order valence-electron chi connectivity index (χ2n) is 6.29. The van der Waals surface area contributed by atoms with E-state index in [1.165, 1.54) is 24.8 Å². The first-order chi connectivity index (χ1) is 9.72. The number of hydrogen-bond acceptors (Lipinski definition) is 3. The van der Waals surface area contributed by atoms with Crippen LogP contribution in [0.3, 0.4) is 0 Å². The summed E-state index contributed by atoms with van der Waals surface area (Å²) in [6.45, 7) is 1.37. The summed E-state index contributed by atoms with van der Waals surface area (Å²) >= 11 is 0. The van der Waals surface area contributed by atoms with E-state index in [-0.39, 0.29) is 11.2 Å². The molecule has 3 rings (SSSR count). The molecule has 1 heterocycles. The van der Waals surface area contributed by atoms with Crippen molar-refractivity contribution in [1.29, 1.82) is 0 Å². The maximum Gasteiger partial charge on any atom is 0.163 e. The van der Waals surface area contributed by atoms with Gasteiger partial charge in [0.15, 0.2) is 5.78 Å². The Labute approximate surface area is 120 Å². The Morgan fingerprint density at radius 1 is 1.25 bits per heavy atom. The zero-order chi connectivity index (χ0) is 14.0. The highest BCUT2D eigenvalue weighted by atomic mass is 16.5. The van der Waals surface area contributed by atoms with Crippen molar-refractivity contribution in [3.8, 4) is 5.75 Å². The lowest BCUT2D eigenvalue weighted by molar-refractivity contribution is 0.0868. The average molecular weight is 273 g/mol. The molecule has 0 atom stereocenters. The van der Waals surface area contributed by atoms with Crippen LogP contribution in [0.2, 0.25) is 0 Å². The van der Waals surface area contributed by atoms with Gasteiger partial charge in [-0.25, -0.2) is 0 Å². The summed E-state index contributed by atoms with van der Waals surface area (Å²) < 4.78 is 5.49. The standard InChI is InChI=1S/C17H23NO2/c18-12-17(7-2-1-3-8-17)11-15(19)13-4-5-16-14(10-13)6-9-20-16/h4-5,10H,1-3,6-9,11-12,18H2. The van der Waals surface area contributed by atoms with Crippen LogP contribution in [-0.4, -0.2) is 18.9 Å². The van der Waals surface area contributed by atoms with Crippen molar-refractivity contribution < 1.29 is 9.53 Å². The van der Waals surface area contributed by atoms with Crippen LogP contribution < -0.4 is 10.5 Å². The number of benzene rings is 1. The molecule has 1 aliphatic carbocycles. The molecular formula is C17H23NO2. The summed E-state index contributed by atoms with van der Waals surface area (Å²) in [5.74, 6) is 1.18. The molecule has 108 valence electrons. The Morgan fingerprint density at radius 3 is 2.80 bits per heavy atom. The molecular weight excluding hydrogens is 250 g/mol. The summed E-state index contributed by atoms with van der Waals surface area (Å²) in [7, 11) is 0. The number of rotatable bonds is 4. The molecule has 1 aromatic carbocycles. The van der Waals surface area contributed by atoms with Crippen LogP contribution in [0.25, 0.3) is 0 Å². The van der Waals surface area contributed by atoms with Gasteiger partial charge in [-0.1, -0.05) is 19.3 Å². The van der Waals surface area contributed by atoms with E-state index in [0.717, 1.165) is 37.2 Å². The number of hydrogen-bond donors (Lipinski definition) is 1. The molecule has 0 spiro atoms. The van der Waals surface area contributed by atoms with Gasteiger partial charge in [0.05, 0.1) is 6.61 Å². The molecule has 0 bridgehead atoms. The molecule has 3 nitrogen and oxygen atoms in total. The fraction of sp³-hybridized carbons (Fsp3) is 0.588. The topological polar surface area (TPSA) is 52.3 Å². The van der Waals surface area contributed by atoms with E-state index in [2.05, 4.69) is 0 Å². The highest BCUT2D eigenvalue weighted by Crippen LogP contribution is 2.39. The second kappa shape index (κ2) is 5.57. The van der Waals surface area contributed by atoms with E-state index in [4.69, 9.17) is 10.5 Å². The van der Waals surface area contributed by atoms with Crippen molar-refractivity contribution in [2.24, 2.45) is 11.1 Å². The molecule has 2 aliphatic rings. The van der Waals surface area contributed by atoms with E-state index < -0.39 is 0 Å². The number of ether oxygens (including phenoxy) is 1. The lowest BCUT2D eigenvalue weighted by Crippen LogP contribution is -2.35. The third-order valence-electron chi connectivity index (χ3n) is 4.89. The molecule has 0 aromatic heterocycles. The highest BCUT2D eigenvalue weighted by Gasteiger charge is 2.33. The predicted molar refractivity (Wildman–Crippen MR) is 79.2 cm³/mol. The zero-order valence-corrected chi connectivity index (χ0v) is 12.0. The number of carbonyl (C=O) groups is 1. The average Bonchev–Trinajstić information content (AvgIpc) is 2.95. The Kier molecular flexibility index (Phi) is 3.79. The molecule has 0 radical (unpaired) electrons.